The minimum absolute atomic E-state index is 0.300. The van der Waals surface area contributed by atoms with Gasteiger partial charge in [-0.1, -0.05) is 6.07 Å². The van der Waals surface area contributed by atoms with Gasteiger partial charge >= 0.3 is 11.9 Å². The highest BCUT2D eigenvalue weighted by Gasteiger charge is 2.08. The standard InChI is InChI=1S/C21H21NO6/c1-4-27-21(25)16-7-9-17(10-8-16)22-20(24)12-6-15-5-11-18(28-14(2)23)19(13-15)26-3/h5-13H,4H2,1-3H3,(H,22,24)/b12-6+. The molecule has 2 rings (SSSR count). The number of hydrogen-bond acceptors (Lipinski definition) is 6. The fourth-order valence-electron chi connectivity index (χ4n) is 2.29. The van der Waals surface area contributed by atoms with Crippen molar-refractivity contribution >= 4 is 29.6 Å². The van der Waals surface area contributed by atoms with Crippen LogP contribution in [0.5, 0.6) is 11.5 Å². The average Bonchev–Trinajstić information content (AvgIpc) is 2.67. The Morgan fingerprint density at radius 1 is 1.04 bits per heavy atom. The van der Waals surface area contributed by atoms with Gasteiger partial charge in [-0.25, -0.2) is 4.79 Å². The SMILES string of the molecule is CCOC(=O)c1ccc(NC(=O)/C=C/c2ccc(OC(C)=O)c(OC)c2)cc1. The molecular weight excluding hydrogens is 362 g/mol. The van der Waals surface area contributed by atoms with E-state index >= 15 is 0 Å². The van der Waals surface area contributed by atoms with E-state index in [2.05, 4.69) is 5.32 Å². The van der Waals surface area contributed by atoms with Crippen LogP contribution in [-0.2, 0) is 14.3 Å². The zero-order valence-corrected chi connectivity index (χ0v) is 15.9. The highest BCUT2D eigenvalue weighted by atomic mass is 16.6. The molecule has 2 aromatic rings. The first-order chi connectivity index (χ1) is 13.4. The Labute approximate surface area is 162 Å². The van der Waals surface area contributed by atoms with E-state index in [1.807, 2.05) is 0 Å². The molecule has 146 valence electrons. The monoisotopic (exact) mass is 383 g/mol. The van der Waals surface area contributed by atoms with Crippen LogP contribution in [0.4, 0.5) is 5.69 Å². The maximum absolute atomic E-state index is 12.1. The second kappa shape index (κ2) is 9.91. The molecule has 0 aliphatic carbocycles. The molecule has 0 bridgehead atoms. The molecule has 0 fully saturated rings. The van der Waals surface area contributed by atoms with Crippen LogP contribution in [0.3, 0.4) is 0 Å². The van der Waals surface area contributed by atoms with Gasteiger partial charge in [0.2, 0.25) is 5.91 Å². The number of amides is 1. The van der Waals surface area contributed by atoms with Gasteiger partial charge in [-0.3, -0.25) is 9.59 Å². The van der Waals surface area contributed by atoms with Gasteiger partial charge < -0.3 is 19.5 Å². The number of ether oxygens (including phenoxy) is 3. The molecule has 0 saturated carbocycles. The van der Waals surface area contributed by atoms with Crippen molar-refractivity contribution in [2.45, 2.75) is 13.8 Å². The quantitative estimate of drug-likeness (QED) is 0.447. The van der Waals surface area contributed by atoms with Crippen molar-refractivity contribution < 1.29 is 28.6 Å². The summed E-state index contributed by atoms with van der Waals surface area (Å²) in [6.45, 7) is 3.34. The summed E-state index contributed by atoms with van der Waals surface area (Å²) in [7, 11) is 1.46. The van der Waals surface area contributed by atoms with Gasteiger partial charge in [-0.15, -0.1) is 0 Å². The van der Waals surface area contributed by atoms with Gasteiger partial charge in [-0.2, -0.15) is 0 Å². The van der Waals surface area contributed by atoms with Crippen molar-refractivity contribution in [3.8, 4) is 11.5 Å². The lowest BCUT2D eigenvalue weighted by atomic mass is 10.2. The normalized spacial score (nSPS) is 10.4. The van der Waals surface area contributed by atoms with Crippen LogP contribution in [-0.4, -0.2) is 31.6 Å². The lowest BCUT2D eigenvalue weighted by molar-refractivity contribution is -0.132. The molecule has 0 spiro atoms. The molecule has 7 heteroatoms. The molecule has 0 aliphatic rings. The van der Waals surface area contributed by atoms with E-state index in [4.69, 9.17) is 14.2 Å². The first-order valence-corrected chi connectivity index (χ1v) is 8.55. The predicted octanol–water partition coefficient (Wildman–Crippen LogP) is 3.45. The Morgan fingerprint density at radius 3 is 2.36 bits per heavy atom. The first kappa shape index (κ1) is 20.7. The molecule has 0 heterocycles. The van der Waals surface area contributed by atoms with Gasteiger partial charge in [0.15, 0.2) is 11.5 Å². The van der Waals surface area contributed by atoms with E-state index in [1.165, 1.54) is 20.1 Å². The lowest BCUT2D eigenvalue weighted by Crippen LogP contribution is -2.09. The minimum Gasteiger partial charge on any atom is -0.493 e. The number of hydrogen-bond donors (Lipinski definition) is 1. The van der Waals surface area contributed by atoms with Crippen molar-refractivity contribution in [2.24, 2.45) is 0 Å². The van der Waals surface area contributed by atoms with Gasteiger partial charge in [0.25, 0.3) is 0 Å². The number of anilines is 1. The van der Waals surface area contributed by atoms with Gasteiger partial charge in [0.05, 0.1) is 19.3 Å². The van der Waals surface area contributed by atoms with Crippen molar-refractivity contribution in [1.82, 2.24) is 0 Å². The van der Waals surface area contributed by atoms with Crippen LogP contribution in [0.25, 0.3) is 6.08 Å². The number of methoxy groups -OCH3 is 1. The Morgan fingerprint density at radius 2 is 1.75 bits per heavy atom. The highest BCUT2D eigenvalue weighted by Crippen LogP contribution is 2.28. The molecule has 0 aromatic heterocycles. The van der Waals surface area contributed by atoms with Gasteiger partial charge in [0, 0.05) is 18.7 Å². The van der Waals surface area contributed by atoms with Crippen molar-refractivity contribution in [3.63, 3.8) is 0 Å². The van der Waals surface area contributed by atoms with E-state index in [-0.39, 0.29) is 5.91 Å². The molecule has 0 saturated heterocycles. The Balaban J connectivity index is 2.01. The third kappa shape index (κ3) is 5.98. The van der Waals surface area contributed by atoms with Crippen LogP contribution < -0.4 is 14.8 Å². The number of esters is 2. The van der Waals surface area contributed by atoms with Crippen molar-refractivity contribution in [2.75, 3.05) is 19.0 Å². The molecule has 0 radical (unpaired) electrons. The van der Waals surface area contributed by atoms with Crippen LogP contribution in [0.2, 0.25) is 0 Å². The van der Waals surface area contributed by atoms with Crippen LogP contribution in [0.1, 0.15) is 29.8 Å². The number of carbonyl (C=O) groups is 3. The molecule has 0 unspecified atom stereocenters. The summed E-state index contributed by atoms with van der Waals surface area (Å²) in [5.41, 5.74) is 1.65. The molecular formula is C21H21NO6. The van der Waals surface area contributed by atoms with Crippen LogP contribution in [0.15, 0.2) is 48.5 Å². The Kier molecular flexibility index (Phi) is 7.33. The first-order valence-electron chi connectivity index (χ1n) is 8.55. The van der Waals surface area contributed by atoms with Gasteiger partial charge in [0.1, 0.15) is 0 Å². The lowest BCUT2D eigenvalue weighted by Gasteiger charge is -2.08. The van der Waals surface area contributed by atoms with E-state index in [1.54, 1.807) is 55.5 Å². The predicted molar refractivity (Wildman–Crippen MR) is 104 cm³/mol. The van der Waals surface area contributed by atoms with Crippen molar-refractivity contribution in [3.05, 3.63) is 59.7 Å². The van der Waals surface area contributed by atoms with E-state index in [0.717, 1.165) is 0 Å². The van der Waals surface area contributed by atoms with E-state index in [0.29, 0.717) is 34.9 Å². The summed E-state index contributed by atoms with van der Waals surface area (Å²) in [6, 6.07) is 11.3. The molecule has 0 aliphatic heterocycles. The average molecular weight is 383 g/mol. The molecule has 1 N–H and O–H groups in total. The summed E-state index contributed by atoms with van der Waals surface area (Å²) in [4.78, 5) is 34.8. The summed E-state index contributed by atoms with van der Waals surface area (Å²) in [6.07, 6.45) is 2.96. The molecule has 2 aromatic carbocycles. The topological polar surface area (TPSA) is 90.9 Å². The number of nitrogens with one attached hydrogen (secondary N) is 1. The summed E-state index contributed by atoms with van der Waals surface area (Å²) in [5.74, 6) is -0.515. The zero-order valence-electron chi connectivity index (χ0n) is 15.9. The maximum atomic E-state index is 12.1. The fraction of sp³-hybridized carbons (Fsp3) is 0.190. The van der Waals surface area contributed by atoms with Crippen LogP contribution in [0, 0.1) is 0 Å². The molecule has 7 nitrogen and oxygen atoms in total. The van der Waals surface area contributed by atoms with E-state index < -0.39 is 11.9 Å². The minimum atomic E-state index is -0.449. The largest absolute Gasteiger partial charge is 0.493 e. The summed E-state index contributed by atoms with van der Waals surface area (Å²) in [5, 5.41) is 2.70. The Hall–Kier alpha value is -3.61. The fourth-order valence-corrected chi connectivity index (χ4v) is 2.29. The second-order valence-electron chi connectivity index (χ2n) is 5.62. The Bertz CT molecular complexity index is 886. The maximum Gasteiger partial charge on any atom is 0.338 e. The summed E-state index contributed by atoms with van der Waals surface area (Å²) < 4.78 is 15.1. The third-order valence-corrected chi connectivity index (χ3v) is 3.53. The number of rotatable bonds is 7. The van der Waals surface area contributed by atoms with E-state index in [9.17, 15) is 14.4 Å². The molecule has 28 heavy (non-hydrogen) atoms. The highest BCUT2D eigenvalue weighted by molar-refractivity contribution is 6.02. The third-order valence-electron chi connectivity index (χ3n) is 3.53. The number of benzene rings is 2. The zero-order chi connectivity index (χ0) is 20.5. The van der Waals surface area contributed by atoms with Gasteiger partial charge in [-0.05, 0) is 55.0 Å². The van der Waals surface area contributed by atoms with Crippen LogP contribution >= 0.6 is 0 Å². The van der Waals surface area contributed by atoms with Crippen molar-refractivity contribution in [1.29, 1.82) is 0 Å². The number of carbonyl (C=O) groups excluding carboxylic acids is 3. The molecule has 1 amide bonds. The second-order valence-corrected chi connectivity index (χ2v) is 5.62. The summed E-state index contributed by atoms with van der Waals surface area (Å²) >= 11 is 0. The molecule has 0 atom stereocenters. The smallest absolute Gasteiger partial charge is 0.338 e.